The Morgan fingerprint density at radius 3 is 2.13 bits per heavy atom. The Hall–Kier alpha value is -4.82. The fraction of sp³-hybridized carbons (Fsp3) is 0.0556. The molecule has 2 heterocycles. The van der Waals surface area contributed by atoms with E-state index in [1.807, 2.05) is 0 Å². The molecule has 1 aliphatic heterocycles. The first-order valence-electron chi connectivity index (χ1n) is 13.2. The minimum Gasteiger partial charge on any atom is -0.459 e. The Labute approximate surface area is 220 Å². The number of nitrogens with one attached hydrogen (secondary N) is 1. The van der Waals surface area contributed by atoms with Gasteiger partial charge in [-0.3, -0.25) is 0 Å². The number of hydrogen-bond acceptors (Lipinski definition) is 2. The Morgan fingerprint density at radius 2 is 1.29 bits per heavy atom. The molecule has 6 aromatic rings. The Morgan fingerprint density at radius 1 is 0.605 bits per heavy atom. The average Bonchev–Trinajstić information content (AvgIpc) is 3.60. The molecule has 5 aromatic carbocycles. The lowest BCUT2D eigenvalue weighted by Gasteiger charge is -2.29. The van der Waals surface area contributed by atoms with Gasteiger partial charge in [-0.25, -0.2) is 0 Å². The van der Waals surface area contributed by atoms with E-state index in [2.05, 4.69) is 133 Å². The van der Waals surface area contributed by atoms with Crippen LogP contribution in [0.5, 0.6) is 0 Å². The molecule has 0 fully saturated rings. The summed E-state index contributed by atoms with van der Waals surface area (Å²) < 4.78 is 6.90. The SMILES string of the molecule is C1=CC(c2cccc3c2-c2c(oc4ccccc24)C32c3ccccc3-c3ccccc32)Nc2ccccc21. The first kappa shape index (κ1) is 20.3. The molecule has 0 saturated heterocycles. The lowest BCUT2D eigenvalue weighted by Crippen LogP contribution is -2.25. The average molecular weight is 486 g/mol. The van der Waals surface area contributed by atoms with Crippen LogP contribution in [0.4, 0.5) is 5.69 Å². The monoisotopic (exact) mass is 485 g/mol. The number of hydrogen-bond donors (Lipinski definition) is 1. The molecule has 2 nitrogen and oxygen atoms in total. The molecule has 0 amide bonds. The van der Waals surface area contributed by atoms with Crippen LogP contribution in [0.3, 0.4) is 0 Å². The first-order valence-corrected chi connectivity index (χ1v) is 13.2. The molecule has 0 radical (unpaired) electrons. The standard InChI is InChI=1S/C36H23NO/c1-7-18-30-22(10-1)20-21-31(37-30)25-14-9-17-29-33(25)34-26-13-4-8-19-32(26)38-35(34)36(29)27-15-5-2-11-23(27)24-12-3-6-16-28(24)36/h1-21,31,37H. The quantitative estimate of drug-likeness (QED) is 0.251. The van der Waals surface area contributed by atoms with Crippen molar-refractivity contribution in [3.05, 3.63) is 155 Å². The molecule has 1 atom stereocenters. The Kier molecular flexibility index (Phi) is 3.81. The molecule has 0 bridgehead atoms. The maximum absolute atomic E-state index is 6.90. The smallest absolute Gasteiger partial charge is 0.135 e. The van der Waals surface area contributed by atoms with Crippen molar-refractivity contribution in [3.8, 4) is 22.3 Å². The molecule has 2 aliphatic carbocycles. The Bertz CT molecular complexity index is 1930. The van der Waals surface area contributed by atoms with E-state index in [1.165, 1.54) is 61.1 Å². The third kappa shape index (κ3) is 2.34. The summed E-state index contributed by atoms with van der Waals surface area (Å²) in [6, 6.07) is 41.6. The van der Waals surface area contributed by atoms with Gasteiger partial charge in [0.15, 0.2) is 0 Å². The number of rotatable bonds is 1. The summed E-state index contributed by atoms with van der Waals surface area (Å²) in [4.78, 5) is 0. The van der Waals surface area contributed by atoms with Crippen molar-refractivity contribution >= 4 is 22.7 Å². The summed E-state index contributed by atoms with van der Waals surface area (Å²) in [5.74, 6) is 1.04. The molecule has 3 aliphatic rings. The van der Waals surface area contributed by atoms with E-state index < -0.39 is 5.41 Å². The summed E-state index contributed by atoms with van der Waals surface area (Å²) in [7, 11) is 0. The Balaban J connectivity index is 1.41. The second-order valence-electron chi connectivity index (χ2n) is 10.5. The van der Waals surface area contributed by atoms with Crippen LogP contribution in [0.2, 0.25) is 0 Å². The van der Waals surface area contributed by atoms with Crippen LogP contribution in [0.25, 0.3) is 39.3 Å². The zero-order chi connectivity index (χ0) is 24.8. The second-order valence-corrected chi connectivity index (χ2v) is 10.5. The fourth-order valence-electron chi connectivity index (χ4n) is 7.24. The molecule has 178 valence electrons. The lowest BCUT2D eigenvalue weighted by atomic mass is 9.73. The van der Waals surface area contributed by atoms with Crippen LogP contribution in [0, 0.1) is 0 Å². The molecule has 1 N–H and O–H groups in total. The van der Waals surface area contributed by atoms with Crippen molar-refractivity contribution in [2.45, 2.75) is 11.5 Å². The number of anilines is 1. The van der Waals surface area contributed by atoms with Crippen molar-refractivity contribution in [2.75, 3.05) is 5.32 Å². The summed E-state index contributed by atoms with van der Waals surface area (Å²) in [5, 5.41) is 4.99. The number of para-hydroxylation sites is 2. The number of fused-ring (bicyclic) bond motifs is 13. The van der Waals surface area contributed by atoms with E-state index in [0.717, 1.165) is 11.3 Å². The van der Waals surface area contributed by atoms with Gasteiger partial charge in [0.25, 0.3) is 0 Å². The molecular formula is C36H23NO. The lowest BCUT2D eigenvalue weighted by molar-refractivity contribution is 0.506. The molecule has 2 heteroatoms. The maximum Gasteiger partial charge on any atom is 0.135 e. The summed E-state index contributed by atoms with van der Waals surface area (Å²) >= 11 is 0. The van der Waals surface area contributed by atoms with Crippen LogP contribution >= 0.6 is 0 Å². The highest BCUT2D eigenvalue weighted by Crippen LogP contribution is 2.65. The van der Waals surface area contributed by atoms with Crippen molar-refractivity contribution in [2.24, 2.45) is 0 Å². The molecule has 1 unspecified atom stereocenters. The van der Waals surface area contributed by atoms with Gasteiger partial charge in [-0.1, -0.05) is 115 Å². The van der Waals surface area contributed by atoms with Crippen LogP contribution in [0.15, 0.2) is 126 Å². The van der Waals surface area contributed by atoms with Gasteiger partial charge in [0, 0.05) is 16.6 Å². The highest BCUT2D eigenvalue weighted by molar-refractivity contribution is 6.05. The zero-order valence-corrected chi connectivity index (χ0v) is 20.6. The van der Waals surface area contributed by atoms with Crippen molar-refractivity contribution in [1.82, 2.24) is 0 Å². The number of benzene rings is 5. The minimum atomic E-state index is -0.483. The predicted octanol–water partition coefficient (Wildman–Crippen LogP) is 8.96. The maximum atomic E-state index is 6.90. The van der Waals surface area contributed by atoms with E-state index >= 15 is 0 Å². The molecule has 9 rings (SSSR count). The zero-order valence-electron chi connectivity index (χ0n) is 20.6. The van der Waals surface area contributed by atoms with E-state index in [9.17, 15) is 0 Å². The minimum absolute atomic E-state index is 0.0587. The van der Waals surface area contributed by atoms with Crippen LogP contribution in [-0.4, -0.2) is 0 Å². The van der Waals surface area contributed by atoms with Gasteiger partial charge < -0.3 is 9.73 Å². The number of furan rings is 1. The predicted molar refractivity (Wildman–Crippen MR) is 154 cm³/mol. The van der Waals surface area contributed by atoms with Crippen molar-refractivity contribution in [1.29, 1.82) is 0 Å². The van der Waals surface area contributed by atoms with Crippen molar-refractivity contribution < 1.29 is 4.42 Å². The summed E-state index contributed by atoms with van der Waals surface area (Å²) in [6.45, 7) is 0. The molecule has 1 aromatic heterocycles. The largest absolute Gasteiger partial charge is 0.459 e. The van der Waals surface area contributed by atoms with Crippen LogP contribution < -0.4 is 5.32 Å². The first-order chi connectivity index (χ1) is 18.9. The van der Waals surface area contributed by atoms with Gasteiger partial charge >= 0.3 is 0 Å². The third-order valence-electron chi connectivity index (χ3n) is 8.71. The van der Waals surface area contributed by atoms with Gasteiger partial charge in [0.1, 0.15) is 16.8 Å². The topological polar surface area (TPSA) is 25.2 Å². The second kappa shape index (κ2) is 7.14. The van der Waals surface area contributed by atoms with Crippen molar-refractivity contribution in [3.63, 3.8) is 0 Å². The van der Waals surface area contributed by atoms with E-state index in [0.29, 0.717) is 0 Å². The third-order valence-corrected chi connectivity index (χ3v) is 8.71. The van der Waals surface area contributed by atoms with Gasteiger partial charge in [0.05, 0.1) is 6.04 Å². The molecule has 0 saturated carbocycles. The van der Waals surface area contributed by atoms with Gasteiger partial charge in [0.2, 0.25) is 0 Å². The van der Waals surface area contributed by atoms with E-state index in [1.54, 1.807) is 0 Å². The van der Waals surface area contributed by atoms with Gasteiger partial charge in [-0.2, -0.15) is 0 Å². The van der Waals surface area contributed by atoms with Gasteiger partial charge in [-0.05, 0) is 56.6 Å². The highest BCUT2D eigenvalue weighted by Gasteiger charge is 2.55. The van der Waals surface area contributed by atoms with Crippen LogP contribution in [0.1, 0.15) is 39.6 Å². The molecule has 1 spiro atoms. The van der Waals surface area contributed by atoms with E-state index in [4.69, 9.17) is 4.42 Å². The fourth-order valence-corrected chi connectivity index (χ4v) is 7.24. The van der Waals surface area contributed by atoms with Crippen LogP contribution in [-0.2, 0) is 5.41 Å². The summed E-state index contributed by atoms with van der Waals surface area (Å²) in [6.07, 6.45) is 4.54. The summed E-state index contributed by atoms with van der Waals surface area (Å²) in [5.41, 5.74) is 13.1. The van der Waals surface area contributed by atoms with E-state index in [-0.39, 0.29) is 6.04 Å². The highest BCUT2D eigenvalue weighted by atomic mass is 16.3. The molecule has 38 heavy (non-hydrogen) atoms. The molecular weight excluding hydrogens is 462 g/mol. The van der Waals surface area contributed by atoms with Gasteiger partial charge in [-0.15, -0.1) is 0 Å². The normalized spacial score (nSPS) is 17.0.